The van der Waals surface area contributed by atoms with Crippen LogP contribution in [0.3, 0.4) is 0 Å². The first-order valence-corrected chi connectivity index (χ1v) is 11.1. The monoisotopic (exact) mass is 423 g/mol. The summed E-state index contributed by atoms with van der Waals surface area (Å²) >= 11 is 0. The Balaban J connectivity index is 1.60. The fourth-order valence-corrected chi connectivity index (χ4v) is 3.74. The molecule has 2 heterocycles. The predicted molar refractivity (Wildman–Crippen MR) is 123 cm³/mol. The average molecular weight is 424 g/mol. The highest BCUT2D eigenvalue weighted by molar-refractivity contribution is 5.85. The molecule has 7 nitrogen and oxygen atoms in total. The van der Waals surface area contributed by atoms with Crippen LogP contribution in [0.1, 0.15) is 32.8 Å². The lowest BCUT2D eigenvalue weighted by Gasteiger charge is -2.27. The summed E-state index contributed by atoms with van der Waals surface area (Å²) < 4.78 is 0. The van der Waals surface area contributed by atoms with Gasteiger partial charge in [-0.25, -0.2) is 0 Å². The zero-order chi connectivity index (χ0) is 22.4. The Bertz CT molecular complexity index is 880. The Morgan fingerprint density at radius 3 is 2.35 bits per heavy atom. The summed E-state index contributed by atoms with van der Waals surface area (Å²) in [5.41, 5.74) is 3.12. The van der Waals surface area contributed by atoms with Gasteiger partial charge < -0.3 is 14.7 Å². The molecule has 0 N–H and O–H groups in total. The molecule has 0 radical (unpaired) electrons. The summed E-state index contributed by atoms with van der Waals surface area (Å²) in [6.45, 7) is 11.2. The van der Waals surface area contributed by atoms with Crippen LogP contribution in [0.4, 0.5) is 5.82 Å². The first kappa shape index (κ1) is 22.7. The van der Waals surface area contributed by atoms with Gasteiger partial charge >= 0.3 is 0 Å². The molecule has 0 bridgehead atoms. The maximum absolute atomic E-state index is 12.8. The van der Waals surface area contributed by atoms with Gasteiger partial charge in [0, 0.05) is 44.2 Å². The summed E-state index contributed by atoms with van der Waals surface area (Å²) in [4.78, 5) is 30.8. The van der Waals surface area contributed by atoms with Gasteiger partial charge in [-0.2, -0.15) is 0 Å². The van der Waals surface area contributed by atoms with Crippen LogP contribution in [0.2, 0.25) is 0 Å². The number of rotatable bonds is 6. The third-order valence-electron chi connectivity index (χ3n) is 5.68. The van der Waals surface area contributed by atoms with E-state index in [-0.39, 0.29) is 24.3 Å². The molecule has 7 heteroatoms. The topological polar surface area (TPSA) is 69.6 Å². The molecule has 0 spiro atoms. The molecule has 0 aliphatic carbocycles. The van der Waals surface area contributed by atoms with Crippen LogP contribution in [0.15, 0.2) is 36.4 Å². The summed E-state index contributed by atoms with van der Waals surface area (Å²) in [5, 5.41) is 8.85. The van der Waals surface area contributed by atoms with E-state index in [0.717, 1.165) is 30.0 Å². The second kappa shape index (κ2) is 10.4. The molecule has 166 valence electrons. The third-order valence-corrected chi connectivity index (χ3v) is 5.68. The molecule has 3 rings (SSSR count). The van der Waals surface area contributed by atoms with Crippen LogP contribution < -0.4 is 4.90 Å². The van der Waals surface area contributed by atoms with Gasteiger partial charge in [0.25, 0.3) is 0 Å². The van der Waals surface area contributed by atoms with Crippen molar-refractivity contribution >= 4 is 17.6 Å². The van der Waals surface area contributed by atoms with Crippen molar-refractivity contribution in [1.82, 2.24) is 20.0 Å². The quantitative estimate of drug-likeness (QED) is 0.714. The van der Waals surface area contributed by atoms with E-state index in [9.17, 15) is 9.59 Å². The molecular weight excluding hydrogens is 390 g/mol. The van der Waals surface area contributed by atoms with E-state index in [1.807, 2.05) is 37.8 Å². The van der Waals surface area contributed by atoms with Crippen LogP contribution in [-0.4, -0.2) is 71.1 Å². The molecule has 0 atom stereocenters. The highest BCUT2D eigenvalue weighted by Crippen LogP contribution is 2.20. The molecule has 1 aromatic carbocycles. The van der Waals surface area contributed by atoms with Crippen molar-refractivity contribution < 1.29 is 9.59 Å². The number of carbonyl (C=O) groups is 2. The Hall–Kier alpha value is -2.96. The Kier molecular flexibility index (Phi) is 7.60. The molecule has 31 heavy (non-hydrogen) atoms. The fraction of sp³-hybridized carbons (Fsp3) is 0.500. The number of anilines is 1. The number of hydrogen-bond acceptors (Lipinski definition) is 5. The predicted octanol–water partition coefficient (Wildman–Crippen LogP) is 3.00. The number of benzene rings is 1. The molecule has 0 unspecified atom stereocenters. The number of hydrogen-bond donors (Lipinski definition) is 0. The van der Waals surface area contributed by atoms with Gasteiger partial charge in [0.05, 0.1) is 12.2 Å². The number of aromatic nitrogens is 2. The minimum Gasteiger partial charge on any atom is -0.353 e. The summed E-state index contributed by atoms with van der Waals surface area (Å²) in [5.74, 6) is 0.763. The van der Waals surface area contributed by atoms with Gasteiger partial charge in [-0.1, -0.05) is 43.7 Å². The van der Waals surface area contributed by atoms with E-state index in [4.69, 9.17) is 0 Å². The SMILES string of the molecule is CCN(CC(=O)N1CCCN(c2ccc(-c3ccc(C)cc3)nn2)CC1)C(=O)C(C)C. The number of amides is 2. The maximum Gasteiger partial charge on any atom is 0.242 e. The van der Waals surface area contributed by atoms with Crippen molar-refractivity contribution in [3.8, 4) is 11.3 Å². The fourth-order valence-electron chi connectivity index (χ4n) is 3.74. The number of nitrogens with zero attached hydrogens (tertiary/aromatic N) is 5. The summed E-state index contributed by atoms with van der Waals surface area (Å²) in [6, 6.07) is 12.2. The lowest BCUT2D eigenvalue weighted by atomic mass is 10.1. The number of carbonyl (C=O) groups excluding carboxylic acids is 2. The lowest BCUT2D eigenvalue weighted by molar-refractivity contribution is -0.142. The zero-order valence-corrected chi connectivity index (χ0v) is 19.0. The Morgan fingerprint density at radius 1 is 1.00 bits per heavy atom. The maximum atomic E-state index is 12.8. The third kappa shape index (κ3) is 5.81. The minimum atomic E-state index is -0.103. The van der Waals surface area contributed by atoms with E-state index >= 15 is 0 Å². The Morgan fingerprint density at radius 2 is 1.74 bits per heavy atom. The standard InChI is InChI=1S/C24H33N5O2/c1-5-27(24(31)18(2)3)17-23(30)29-14-6-13-28(15-16-29)22-12-11-21(25-26-22)20-9-7-19(4)8-10-20/h7-12,18H,5-6,13-17H2,1-4H3. The average Bonchev–Trinajstić information content (AvgIpc) is 3.04. The summed E-state index contributed by atoms with van der Waals surface area (Å²) in [6.07, 6.45) is 0.859. The van der Waals surface area contributed by atoms with Crippen LogP contribution in [-0.2, 0) is 9.59 Å². The Labute approximate surface area is 185 Å². The molecule has 2 aromatic rings. The first-order chi connectivity index (χ1) is 14.9. The highest BCUT2D eigenvalue weighted by Gasteiger charge is 2.24. The van der Waals surface area contributed by atoms with Crippen LogP contribution in [0, 0.1) is 12.8 Å². The molecule has 2 amide bonds. The molecule has 1 aliphatic heterocycles. The number of likely N-dealkylation sites (N-methyl/N-ethyl adjacent to an activating group) is 1. The van der Waals surface area contributed by atoms with Gasteiger partial charge in [0.15, 0.2) is 5.82 Å². The normalized spacial score (nSPS) is 14.5. The zero-order valence-electron chi connectivity index (χ0n) is 19.0. The van der Waals surface area contributed by atoms with Crippen LogP contribution in [0.5, 0.6) is 0 Å². The highest BCUT2D eigenvalue weighted by atomic mass is 16.2. The van der Waals surface area contributed by atoms with E-state index in [2.05, 4.69) is 46.3 Å². The van der Waals surface area contributed by atoms with E-state index in [1.165, 1.54) is 5.56 Å². The van der Waals surface area contributed by atoms with Gasteiger partial charge in [-0.05, 0) is 32.4 Å². The minimum absolute atomic E-state index is 0.0125. The molecular formula is C24H33N5O2. The van der Waals surface area contributed by atoms with Gasteiger partial charge in [-0.3, -0.25) is 9.59 Å². The van der Waals surface area contributed by atoms with Crippen molar-refractivity contribution in [1.29, 1.82) is 0 Å². The van der Waals surface area contributed by atoms with Crippen molar-refractivity contribution in [2.75, 3.05) is 44.2 Å². The molecule has 1 aromatic heterocycles. The lowest BCUT2D eigenvalue weighted by Crippen LogP contribution is -2.45. The molecule has 1 aliphatic rings. The molecule has 1 fully saturated rings. The van der Waals surface area contributed by atoms with Crippen LogP contribution >= 0.6 is 0 Å². The van der Waals surface area contributed by atoms with Crippen molar-refractivity contribution in [2.24, 2.45) is 5.92 Å². The first-order valence-electron chi connectivity index (χ1n) is 11.1. The smallest absolute Gasteiger partial charge is 0.242 e. The van der Waals surface area contributed by atoms with Crippen molar-refractivity contribution in [3.05, 3.63) is 42.0 Å². The van der Waals surface area contributed by atoms with Gasteiger partial charge in [-0.15, -0.1) is 10.2 Å². The van der Waals surface area contributed by atoms with E-state index in [1.54, 1.807) is 4.90 Å². The number of aryl methyl sites for hydroxylation is 1. The molecule has 1 saturated heterocycles. The van der Waals surface area contributed by atoms with E-state index < -0.39 is 0 Å². The molecule has 0 saturated carbocycles. The second-order valence-electron chi connectivity index (χ2n) is 8.37. The van der Waals surface area contributed by atoms with Gasteiger partial charge in [0.1, 0.15) is 0 Å². The van der Waals surface area contributed by atoms with Crippen molar-refractivity contribution in [2.45, 2.75) is 34.1 Å². The second-order valence-corrected chi connectivity index (χ2v) is 8.37. The van der Waals surface area contributed by atoms with Crippen LogP contribution in [0.25, 0.3) is 11.3 Å². The van der Waals surface area contributed by atoms with Gasteiger partial charge in [0.2, 0.25) is 11.8 Å². The summed E-state index contributed by atoms with van der Waals surface area (Å²) in [7, 11) is 0. The largest absolute Gasteiger partial charge is 0.353 e. The van der Waals surface area contributed by atoms with E-state index in [0.29, 0.717) is 26.2 Å². The van der Waals surface area contributed by atoms with Crippen molar-refractivity contribution in [3.63, 3.8) is 0 Å².